The van der Waals surface area contributed by atoms with Crippen LogP contribution in [-0.2, 0) is 0 Å². The van der Waals surface area contributed by atoms with Gasteiger partial charge in [0.2, 0.25) is 0 Å². The minimum absolute atomic E-state index is 0.799. The first-order valence-electron chi connectivity index (χ1n) is 5.93. The monoisotopic (exact) mass is 207 g/mol. The standard InChI is InChI=1S/C14H25N/c1-4-6-9-14(10-7-8-11-15)12-13(3)5-2/h4,6,9,12H,5,7-8,10-11,15H2,1-3H3/b6-4-,13-12?,14-9-. The van der Waals surface area contributed by atoms with Gasteiger partial charge in [-0.05, 0) is 51.6 Å². The van der Waals surface area contributed by atoms with E-state index in [0.29, 0.717) is 0 Å². The van der Waals surface area contributed by atoms with E-state index in [0.717, 1.165) is 25.8 Å². The molecule has 0 amide bonds. The molecule has 0 aromatic heterocycles. The highest BCUT2D eigenvalue weighted by atomic mass is 14.5. The molecule has 0 unspecified atom stereocenters. The first-order valence-corrected chi connectivity index (χ1v) is 5.93. The normalized spacial score (nSPS) is 13.9. The molecule has 0 saturated heterocycles. The smallest absolute Gasteiger partial charge is 0.00772 e. The SMILES string of the molecule is C/C=C\C=C(/C=C(C)CC)CCCCN. The molecule has 1 nitrogen and oxygen atoms in total. The Kier molecular flexibility index (Phi) is 9.19. The fourth-order valence-corrected chi connectivity index (χ4v) is 1.32. The Bertz CT molecular complexity index is 234. The Hall–Kier alpha value is -0.820. The second-order valence-corrected chi connectivity index (χ2v) is 3.86. The Labute approximate surface area is 94.8 Å². The Morgan fingerprint density at radius 2 is 2.00 bits per heavy atom. The molecular weight excluding hydrogens is 182 g/mol. The third kappa shape index (κ3) is 8.19. The van der Waals surface area contributed by atoms with Crippen LogP contribution in [-0.4, -0.2) is 6.54 Å². The van der Waals surface area contributed by atoms with Gasteiger partial charge in [0.15, 0.2) is 0 Å². The maximum absolute atomic E-state index is 5.49. The third-order valence-electron chi connectivity index (χ3n) is 2.41. The van der Waals surface area contributed by atoms with Crippen LogP contribution in [0.5, 0.6) is 0 Å². The summed E-state index contributed by atoms with van der Waals surface area (Å²) in [5.74, 6) is 0. The Morgan fingerprint density at radius 1 is 1.27 bits per heavy atom. The number of unbranched alkanes of at least 4 members (excludes halogenated alkanes) is 1. The molecule has 0 spiro atoms. The van der Waals surface area contributed by atoms with E-state index >= 15 is 0 Å². The Balaban J connectivity index is 4.31. The van der Waals surface area contributed by atoms with Crippen LogP contribution in [0.15, 0.2) is 35.5 Å². The Morgan fingerprint density at radius 3 is 2.53 bits per heavy atom. The van der Waals surface area contributed by atoms with Gasteiger partial charge in [-0.3, -0.25) is 0 Å². The van der Waals surface area contributed by atoms with Crippen molar-refractivity contribution in [1.82, 2.24) is 0 Å². The summed E-state index contributed by atoms with van der Waals surface area (Å²) >= 11 is 0. The lowest BCUT2D eigenvalue weighted by molar-refractivity contribution is 0.746. The summed E-state index contributed by atoms with van der Waals surface area (Å²) in [6, 6.07) is 0. The third-order valence-corrected chi connectivity index (χ3v) is 2.41. The second-order valence-electron chi connectivity index (χ2n) is 3.86. The summed E-state index contributed by atoms with van der Waals surface area (Å²) in [6.45, 7) is 7.23. The second kappa shape index (κ2) is 9.72. The minimum Gasteiger partial charge on any atom is -0.330 e. The van der Waals surface area contributed by atoms with E-state index in [4.69, 9.17) is 5.73 Å². The van der Waals surface area contributed by atoms with Gasteiger partial charge in [0, 0.05) is 0 Å². The maximum atomic E-state index is 5.49. The zero-order valence-electron chi connectivity index (χ0n) is 10.4. The largest absolute Gasteiger partial charge is 0.330 e. The molecule has 15 heavy (non-hydrogen) atoms. The van der Waals surface area contributed by atoms with Crippen molar-refractivity contribution in [3.63, 3.8) is 0 Å². The molecule has 0 radical (unpaired) electrons. The van der Waals surface area contributed by atoms with Crippen molar-refractivity contribution in [1.29, 1.82) is 0 Å². The molecule has 1 heteroatoms. The molecule has 0 aliphatic rings. The average Bonchev–Trinajstić information content (AvgIpc) is 2.25. The molecule has 0 bridgehead atoms. The van der Waals surface area contributed by atoms with Crippen LogP contribution in [0.3, 0.4) is 0 Å². The van der Waals surface area contributed by atoms with Gasteiger partial charge in [0.1, 0.15) is 0 Å². The molecule has 2 N–H and O–H groups in total. The molecule has 0 aromatic rings. The quantitative estimate of drug-likeness (QED) is 0.496. The minimum atomic E-state index is 0.799. The highest BCUT2D eigenvalue weighted by molar-refractivity contribution is 5.26. The molecule has 0 heterocycles. The predicted octanol–water partition coefficient (Wildman–Crippen LogP) is 3.97. The van der Waals surface area contributed by atoms with E-state index < -0.39 is 0 Å². The summed E-state index contributed by atoms with van der Waals surface area (Å²) in [6.07, 6.45) is 13.3. The number of rotatable bonds is 7. The number of hydrogen-bond acceptors (Lipinski definition) is 1. The molecule has 0 fully saturated rings. The molecule has 0 atom stereocenters. The van der Waals surface area contributed by atoms with E-state index in [1.54, 1.807) is 0 Å². The molecular formula is C14H25N. The van der Waals surface area contributed by atoms with Gasteiger partial charge in [-0.2, -0.15) is 0 Å². The van der Waals surface area contributed by atoms with Crippen LogP contribution in [0.2, 0.25) is 0 Å². The average molecular weight is 207 g/mol. The lowest BCUT2D eigenvalue weighted by atomic mass is 10.0. The van der Waals surface area contributed by atoms with Crippen LogP contribution in [0.25, 0.3) is 0 Å². The van der Waals surface area contributed by atoms with E-state index in [1.165, 1.54) is 17.6 Å². The summed E-state index contributed by atoms with van der Waals surface area (Å²) in [7, 11) is 0. The van der Waals surface area contributed by atoms with Gasteiger partial charge < -0.3 is 5.73 Å². The molecule has 0 saturated carbocycles. The van der Waals surface area contributed by atoms with Crippen molar-refractivity contribution in [3.8, 4) is 0 Å². The van der Waals surface area contributed by atoms with Crippen molar-refractivity contribution in [2.45, 2.75) is 46.5 Å². The van der Waals surface area contributed by atoms with Gasteiger partial charge >= 0.3 is 0 Å². The molecule has 86 valence electrons. The predicted molar refractivity (Wildman–Crippen MR) is 69.9 cm³/mol. The van der Waals surface area contributed by atoms with Gasteiger partial charge in [-0.15, -0.1) is 0 Å². The van der Waals surface area contributed by atoms with Crippen LogP contribution in [0.4, 0.5) is 0 Å². The van der Waals surface area contributed by atoms with Crippen molar-refractivity contribution in [2.24, 2.45) is 5.73 Å². The van der Waals surface area contributed by atoms with E-state index in [1.807, 2.05) is 6.92 Å². The summed E-state index contributed by atoms with van der Waals surface area (Å²) < 4.78 is 0. The van der Waals surface area contributed by atoms with Gasteiger partial charge in [-0.25, -0.2) is 0 Å². The van der Waals surface area contributed by atoms with Crippen LogP contribution in [0.1, 0.15) is 46.5 Å². The van der Waals surface area contributed by atoms with Crippen molar-refractivity contribution >= 4 is 0 Å². The van der Waals surface area contributed by atoms with Gasteiger partial charge in [0.25, 0.3) is 0 Å². The van der Waals surface area contributed by atoms with Crippen LogP contribution < -0.4 is 5.73 Å². The van der Waals surface area contributed by atoms with Crippen LogP contribution in [0, 0.1) is 0 Å². The zero-order chi connectivity index (χ0) is 11.5. The van der Waals surface area contributed by atoms with E-state index in [9.17, 15) is 0 Å². The van der Waals surface area contributed by atoms with Crippen molar-refractivity contribution in [2.75, 3.05) is 6.54 Å². The summed E-state index contributed by atoms with van der Waals surface area (Å²) in [5.41, 5.74) is 8.35. The fraction of sp³-hybridized carbons (Fsp3) is 0.571. The highest BCUT2D eigenvalue weighted by Gasteiger charge is 1.94. The number of nitrogens with two attached hydrogens (primary N) is 1. The highest BCUT2D eigenvalue weighted by Crippen LogP contribution is 2.13. The maximum Gasteiger partial charge on any atom is -0.00772 e. The topological polar surface area (TPSA) is 26.0 Å². The lowest BCUT2D eigenvalue weighted by Crippen LogP contribution is -1.97. The summed E-state index contributed by atoms with van der Waals surface area (Å²) in [5, 5.41) is 0. The molecule has 0 rings (SSSR count). The zero-order valence-corrected chi connectivity index (χ0v) is 10.4. The van der Waals surface area contributed by atoms with E-state index in [-0.39, 0.29) is 0 Å². The summed E-state index contributed by atoms with van der Waals surface area (Å²) in [4.78, 5) is 0. The van der Waals surface area contributed by atoms with Gasteiger partial charge in [-0.1, -0.05) is 36.8 Å². The lowest BCUT2D eigenvalue weighted by Gasteiger charge is -2.03. The van der Waals surface area contributed by atoms with E-state index in [2.05, 4.69) is 38.2 Å². The molecule has 0 aliphatic heterocycles. The molecule has 0 aromatic carbocycles. The van der Waals surface area contributed by atoms with Crippen molar-refractivity contribution in [3.05, 3.63) is 35.5 Å². The number of hydrogen-bond donors (Lipinski definition) is 1. The first-order chi connectivity index (χ1) is 7.24. The fourth-order valence-electron chi connectivity index (χ4n) is 1.32. The van der Waals surface area contributed by atoms with Gasteiger partial charge in [0.05, 0.1) is 0 Å². The van der Waals surface area contributed by atoms with Crippen molar-refractivity contribution < 1.29 is 0 Å². The molecule has 0 aliphatic carbocycles. The van der Waals surface area contributed by atoms with Crippen LogP contribution >= 0.6 is 0 Å². The number of allylic oxidation sites excluding steroid dienone is 6. The first kappa shape index (κ1) is 14.2.